The van der Waals surface area contributed by atoms with E-state index >= 15 is 0 Å². The second kappa shape index (κ2) is 3.71. The van der Waals surface area contributed by atoms with Crippen molar-refractivity contribution in [3.63, 3.8) is 0 Å². The van der Waals surface area contributed by atoms with E-state index in [-0.39, 0.29) is 18.0 Å². The van der Waals surface area contributed by atoms with Gasteiger partial charge in [0.15, 0.2) is 0 Å². The number of halogens is 1. The topological polar surface area (TPSA) is 58.2 Å². The van der Waals surface area contributed by atoms with Crippen LogP contribution >= 0.6 is 15.9 Å². The van der Waals surface area contributed by atoms with Crippen LogP contribution in [-0.2, 0) is 4.79 Å². The molecular weight excluding hydrogens is 212 g/mol. The third-order valence-electron chi connectivity index (χ3n) is 1.48. The molecular formula is C6H9BrN2O2. The van der Waals surface area contributed by atoms with Gasteiger partial charge >= 0.3 is 6.03 Å². The van der Waals surface area contributed by atoms with E-state index in [0.717, 1.165) is 11.8 Å². The number of rotatable bonds is 3. The maximum atomic E-state index is 10.9. The molecule has 1 aliphatic rings. The molecule has 1 saturated heterocycles. The fourth-order valence-electron chi connectivity index (χ4n) is 0.943. The summed E-state index contributed by atoms with van der Waals surface area (Å²) in [6, 6.07) is -0.699. The van der Waals surface area contributed by atoms with E-state index in [9.17, 15) is 9.59 Å². The first-order chi connectivity index (χ1) is 5.24. The molecule has 11 heavy (non-hydrogen) atoms. The molecule has 0 saturated carbocycles. The van der Waals surface area contributed by atoms with Crippen molar-refractivity contribution in [2.45, 2.75) is 18.9 Å². The first-order valence-corrected chi connectivity index (χ1v) is 4.53. The average molecular weight is 221 g/mol. The highest BCUT2D eigenvalue weighted by molar-refractivity contribution is 9.09. The molecule has 0 aliphatic carbocycles. The van der Waals surface area contributed by atoms with Gasteiger partial charge in [-0.05, 0) is 12.8 Å². The van der Waals surface area contributed by atoms with Gasteiger partial charge in [-0.15, -0.1) is 0 Å². The lowest BCUT2D eigenvalue weighted by atomic mass is 10.2. The summed E-state index contributed by atoms with van der Waals surface area (Å²) in [6.07, 6.45) is 1.58. The Bertz CT molecular complexity index is 183. The normalized spacial score (nSPS) is 23.2. The number of hydrogen-bond donors (Lipinski definition) is 2. The van der Waals surface area contributed by atoms with Crippen molar-refractivity contribution >= 4 is 27.9 Å². The Balaban J connectivity index is 2.34. The number of amides is 3. The van der Waals surface area contributed by atoms with Gasteiger partial charge in [0.1, 0.15) is 6.04 Å². The zero-order valence-electron chi connectivity index (χ0n) is 5.89. The first kappa shape index (κ1) is 8.52. The maximum absolute atomic E-state index is 10.9. The maximum Gasteiger partial charge on any atom is 0.322 e. The molecule has 1 aliphatic heterocycles. The van der Waals surface area contributed by atoms with Gasteiger partial charge in [0.05, 0.1) is 0 Å². The summed E-state index contributed by atoms with van der Waals surface area (Å²) in [6.45, 7) is 0. The second-order valence-electron chi connectivity index (χ2n) is 2.35. The van der Waals surface area contributed by atoms with Gasteiger partial charge in [0, 0.05) is 5.33 Å². The van der Waals surface area contributed by atoms with Crippen molar-refractivity contribution in [1.29, 1.82) is 0 Å². The summed E-state index contributed by atoms with van der Waals surface area (Å²) in [7, 11) is 0. The summed E-state index contributed by atoms with van der Waals surface area (Å²) in [5.41, 5.74) is 0. The predicted molar refractivity (Wildman–Crippen MR) is 43.5 cm³/mol. The molecule has 0 aromatic heterocycles. The van der Waals surface area contributed by atoms with Gasteiger partial charge in [-0.3, -0.25) is 10.1 Å². The Morgan fingerprint density at radius 3 is 2.64 bits per heavy atom. The molecule has 2 N–H and O–H groups in total. The summed E-state index contributed by atoms with van der Waals surface area (Å²) in [4.78, 5) is 21.5. The Labute approximate surface area is 72.8 Å². The molecule has 62 valence electrons. The summed E-state index contributed by atoms with van der Waals surface area (Å²) < 4.78 is 0. The van der Waals surface area contributed by atoms with Crippen molar-refractivity contribution in [3.05, 3.63) is 0 Å². The van der Waals surface area contributed by atoms with Crippen LogP contribution in [0, 0.1) is 0 Å². The quantitative estimate of drug-likeness (QED) is 0.534. The standard InChI is InChI=1S/C6H9BrN2O2/c7-3-1-2-4-5(10)9-6(11)8-4/h4H,1-3H2,(H2,8,9,10,11). The van der Waals surface area contributed by atoms with Gasteiger partial charge < -0.3 is 5.32 Å². The van der Waals surface area contributed by atoms with Crippen LogP contribution in [0.15, 0.2) is 0 Å². The molecule has 0 spiro atoms. The van der Waals surface area contributed by atoms with Crippen LogP contribution in [0.5, 0.6) is 0 Å². The minimum Gasteiger partial charge on any atom is -0.326 e. The lowest BCUT2D eigenvalue weighted by Gasteiger charge is -2.03. The fourth-order valence-corrected chi connectivity index (χ4v) is 1.27. The average Bonchev–Trinajstić information content (AvgIpc) is 2.26. The largest absolute Gasteiger partial charge is 0.326 e. The van der Waals surface area contributed by atoms with Crippen LogP contribution in [0.1, 0.15) is 12.8 Å². The number of hydrogen-bond acceptors (Lipinski definition) is 2. The van der Waals surface area contributed by atoms with Gasteiger partial charge in [0.25, 0.3) is 5.91 Å². The Morgan fingerprint density at radius 1 is 1.45 bits per heavy atom. The number of imide groups is 1. The van der Waals surface area contributed by atoms with Crippen LogP contribution in [0.2, 0.25) is 0 Å². The van der Waals surface area contributed by atoms with Crippen LogP contribution in [0.4, 0.5) is 4.79 Å². The number of carbonyl (C=O) groups is 2. The summed E-state index contributed by atoms with van der Waals surface area (Å²) in [5.74, 6) is -0.212. The highest BCUT2D eigenvalue weighted by Crippen LogP contribution is 2.03. The molecule has 1 rings (SSSR count). The molecule has 0 bridgehead atoms. The molecule has 5 heteroatoms. The zero-order valence-corrected chi connectivity index (χ0v) is 7.48. The number of urea groups is 1. The van der Waals surface area contributed by atoms with E-state index in [2.05, 4.69) is 26.6 Å². The molecule has 4 nitrogen and oxygen atoms in total. The zero-order chi connectivity index (χ0) is 8.27. The highest BCUT2D eigenvalue weighted by atomic mass is 79.9. The van der Waals surface area contributed by atoms with E-state index in [0.29, 0.717) is 6.42 Å². The summed E-state index contributed by atoms with van der Waals surface area (Å²) >= 11 is 3.25. The SMILES string of the molecule is O=C1NC(=O)C(CCCBr)N1. The Hall–Kier alpha value is -0.580. The molecule has 0 radical (unpaired) electrons. The monoisotopic (exact) mass is 220 g/mol. The van der Waals surface area contributed by atoms with Crippen molar-refractivity contribution in [2.75, 3.05) is 5.33 Å². The molecule has 1 unspecified atom stereocenters. The Morgan fingerprint density at radius 2 is 2.18 bits per heavy atom. The Kier molecular flexibility index (Phi) is 2.87. The second-order valence-corrected chi connectivity index (χ2v) is 3.14. The fraction of sp³-hybridized carbons (Fsp3) is 0.667. The molecule has 0 aromatic carbocycles. The lowest BCUT2D eigenvalue weighted by molar-refractivity contribution is -0.120. The van der Waals surface area contributed by atoms with Crippen LogP contribution in [-0.4, -0.2) is 23.3 Å². The molecule has 1 heterocycles. The van der Waals surface area contributed by atoms with Gasteiger partial charge in [-0.2, -0.15) is 0 Å². The van der Waals surface area contributed by atoms with Crippen molar-refractivity contribution < 1.29 is 9.59 Å². The van der Waals surface area contributed by atoms with Crippen LogP contribution in [0.25, 0.3) is 0 Å². The lowest BCUT2D eigenvalue weighted by Crippen LogP contribution is -2.28. The third kappa shape index (κ3) is 2.18. The minimum absolute atomic E-state index is 0.212. The van der Waals surface area contributed by atoms with E-state index in [1.807, 2.05) is 0 Å². The molecule has 1 fully saturated rings. The molecule has 3 amide bonds. The van der Waals surface area contributed by atoms with Gasteiger partial charge in [0.2, 0.25) is 0 Å². The van der Waals surface area contributed by atoms with E-state index in [1.54, 1.807) is 0 Å². The van der Waals surface area contributed by atoms with Crippen molar-refractivity contribution in [2.24, 2.45) is 0 Å². The molecule has 1 atom stereocenters. The van der Waals surface area contributed by atoms with Crippen molar-refractivity contribution in [1.82, 2.24) is 10.6 Å². The van der Waals surface area contributed by atoms with E-state index in [1.165, 1.54) is 0 Å². The first-order valence-electron chi connectivity index (χ1n) is 3.41. The minimum atomic E-state index is -0.380. The smallest absolute Gasteiger partial charge is 0.322 e. The van der Waals surface area contributed by atoms with Gasteiger partial charge in [-0.25, -0.2) is 4.79 Å². The van der Waals surface area contributed by atoms with Gasteiger partial charge in [-0.1, -0.05) is 15.9 Å². The molecule has 0 aromatic rings. The van der Waals surface area contributed by atoms with Crippen LogP contribution < -0.4 is 10.6 Å². The van der Waals surface area contributed by atoms with E-state index in [4.69, 9.17) is 0 Å². The number of carbonyl (C=O) groups excluding carboxylic acids is 2. The predicted octanol–water partition coefficient (Wildman–Crippen LogP) is 0.369. The van der Waals surface area contributed by atoms with Crippen LogP contribution in [0.3, 0.4) is 0 Å². The highest BCUT2D eigenvalue weighted by Gasteiger charge is 2.28. The van der Waals surface area contributed by atoms with E-state index < -0.39 is 0 Å². The number of alkyl halides is 1. The third-order valence-corrected chi connectivity index (χ3v) is 2.05. The van der Waals surface area contributed by atoms with Crippen molar-refractivity contribution in [3.8, 4) is 0 Å². The summed E-state index contributed by atoms with van der Waals surface area (Å²) in [5, 5.41) is 5.54. The number of nitrogens with one attached hydrogen (secondary N) is 2.